The van der Waals surface area contributed by atoms with Gasteiger partial charge in [0.2, 0.25) is 11.8 Å². The van der Waals surface area contributed by atoms with Gasteiger partial charge in [-0.3, -0.25) is 9.59 Å². The van der Waals surface area contributed by atoms with Crippen LogP contribution >= 0.6 is 15.9 Å². The van der Waals surface area contributed by atoms with E-state index in [2.05, 4.69) is 21.2 Å². The summed E-state index contributed by atoms with van der Waals surface area (Å²) in [6.07, 6.45) is 1.21. The molecule has 0 saturated carbocycles. The number of carbonyl (C=O) groups excluding carboxylic acids is 2. The van der Waals surface area contributed by atoms with Crippen LogP contribution in [0, 0.1) is 11.6 Å². The number of nitrogens with zero attached hydrogens (tertiary/aromatic N) is 1. The summed E-state index contributed by atoms with van der Waals surface area (Å²) in [6, 6.07) is 1.25. The lowest BCUT2D eigenvalue weighted by Crippen LogP contribution is -2.45. The zero-order valence-corrected chi connectivity index (χ0v) is 13.0. The SMILES string of the molecule is CCCC1NC(=O)CCN(c2cc(F)c(Br)cc2F)C1=O. The van der Waals surface area contributed by atoms with Gasteiger partial charge in [0, 0.05) is 19.0 Å². The molecule has 1 N–H and O–H groups in total. The Morgan fingerprint density at radius 1 is 1.33 bits per heavy atom. The Morgan fingerprint density at radius 2 is 2.05 bits per heavy atom. The van der Waals surface area contributed by atoms with E-state index >= 15 is 0 Å². The second-order valence-corrected chi connectivity index (χ2v) is 5.72. The fraction of sp³-hybridized carbons (Fsp3) is 0.429. The van der Waals surface area contributed by atoms with Crippen LogP contribution in [0.4, 0.5) is 14.5 Å². The molecule has 1 atom stereocenters. The van der Waals surface area contributed by atoms with E-state index in [9.17, 15) is 18.4 Å². The topological polar surface area (TPSA) is 49.4 Å². The third kappa shape index (κ3) is 3.40. The summed E-state index contributed by atoms with van der Waals surface area (Å²) in [4.78, 5) is 25.2. The molecule has 2 rings (SSSR count). The predicted molar refractivity (Wildman–Crippen MR) is 77.9 cm³/mol. The number of hydrogen-bond donors (Lipinski definition) is 1. The highest BCUT2D eigenvalue weighted by Gasteiger charge is 2.31. The summed E-state index contributed by atoms with van der Waals surface area (Å²) in [5.41, 5.74) is -0.140. The van der Waals surface area contributed by atoms with Gasteiger partial charge in [0.05, 0.1) is 10.2 Å². The molecule has 114 valence electrons. The highest BCUT2D eigenvalue weighted by molar-refractivity contribution is 9.10. The fourth-order valence-electron chi connectivity index (χ4n) is 2.28. The smallest absolute Gasteiger partial charge is 0.249 e. The average molecular weight is 361 g/mol. The second-order valence-electron chi connectivity index (χ2n) is 4.87. The van der Waals surface area contributed by atoms with Crippen LogP contribution < -0.4 is 10.2 Å². The van der Waals surface area contributed by atoms with Crippen molar-refractivity contribution in [1.82, 2.24) is 5.32 Å². The number of halogens is 3. The van der Waals surface area contributed by atoms with Gasteiger partial charge in [-0.25, -0.2) is 8.78 Å². The van der Waals surface area contributed by atoms with Crippen molar-refractivity contribution < 1.29 is 18.4 Å². The Hall–Kier alpha value is -1.50. The zero-order valence-electron chi connectivity index (χ0n) is 11.5. The Balaban J connectivity index is 2.39. The Bertz CT molecular complexity index is 580. The van der Waals surface area contributed by atoms with Crippen LogP contribution in [0.1, 0.15) is 26.2 Å². The van der Waals surface area contributed by atoms with Crippen LogP contribution in [-0.4, -0.2) is 24.4 Å². The Kier molecular flexibility index (Phi) is 4.92. The fourth-order valence-corrected chi connectivity index (χ4v) is 2.60. The molecule has 0 spiro atoms. The van der Waals surface area contributed by atoms with Gasteiger partial charge in [-0.05, 0) is 28.4 Å². The van der Waals surface area contributed by atoms with E-state index in [-0.39, 0.29) is 29.0 Å². The van der Waals surface area contributed by atoms with Gasteiger partial charge in [0.15, 0.2) is 0 Å². The third-order valence-corrected chi connectivity index (χ3v) is 3.93. The number of benzene rings is 1. The molecule has 2 amide bonds. The van der Waals surface area contributed by atoms with E-state index in [1.165, 1.54) is 0 Å². The molecule has 0 aromatic heterocycles. The van der Waals surface area contributed by atoms with Gasteiger partial charge in [-0.2, -0.15) is 0 Å². The summed E-state index contributed by atoms with van der Waals surface area (Å²) < 4.78 is 27.7. The Labute approximate surface area is 129 Å². The van der Waals surface area contributed by atoms with E-state index in [4.69, 9.17) is 0 Å². The predicted octanol–water partition coefficient (Wildman–Crippen LogP) is 2.75. The van der Waals surface area contributed by atoms with Crippen molar-refractivity contribution in [3.05, 3.63) is 28.2 Å². The molecule has 1 saturated heterocycles. The first-order valence-corrected chi connectivity index (χ1v) is 7.48. The normalized spacial score (nSPS) is 19.4. The van der Waals surface area contributed by atoms with Crippen LogP contribution in [0.3, 0.4) is 0 Å². The quantitative estimate of drug-likeness (QED) is 0.842. The van der Waals surface area contributed by atoms with E-state index < -0.39 is 23.6 Å². The molecule has 0 bridgehead atoms. The lowest BCUT2D eigenvalue weighted by Gasteiger charge is -2.24. The minimum atomic E-state index is -0.707. The van der Waals surface area contributed by atoms with E-state index in [1.807, 2.05) is 6.92 Å². The van der Waals surface area contributed by atoms with Crippen LogP contribution in [0.2, 0.25) is 0 Å². The maximum Gasteiger partial charge on any atom is 0.249 e. The summed E-state index contributed by atoms with van der Waals surface area (Å²) >= 11 is 2.90. The van der Waals surface area contributed by atoms with Crippen molar-refractivity contribution in [3.63, 3.8) is 0 Å². The van der Waals surface area contributed by atoms with Crippen molar-refractivity contribution in [3.8, 4) is 0 Å². The molecular formula is C14H15BrF2N2O2. The molecule has 0 aliphatic carbocycles. The molecule has 1 aromatic carbocycles. The van der Waals surface area contributed by atoms with Crippen molar-refractivity contribution in [2.45, 2.75) is 32.2 Å². The minimum Gasteiger partial charge on any atom is -0.344 e. The highest BCUT2D eigenvalue weighted by atomic mass is 79.9. The summed E-state index contributed by atoms with van der Waals surface area (Å²) in [5.74, 6) is -2.04. The maximum absolute atomic E-state index is 14.0. The molecule has 1 unspecified atom stereocenters. The molecule has 0 radical (unpaired) electrons. The highest BCUT2D eigenvalue weighted by Crippen LogP contribution is 2.28. The maximum atomic E-state index is 14.0. The summed E-state index contributed by atoms with van der Waals surface area (Å²) in [5, 5.41) is 2.62. The largest absolute Gasteiger partial charge is 0.344 e. The molecule has 1 heterocycles. The second kappa shape index (κ2) is 6.51. The third-order valence-electron chi connectivity index (χ3n) is 3.32. The van der Waals surface area contributed by atoms with Crippen LogP contribution in [-0.2, 0) is 9.59 Å². The van der Waals surface area contributed by atoms with Crippen LogP contribution in [0.5, 0.6) is 0 Å². The first kappa shape index (κ1) is 15.9. The summed E-state index contributed by atoms with van der Waals surface area (Å²) in [7, 11) is 0. The minimum absolute atomic E-state index is 0.00895. The zero-order chi connectivity index (χ0) is 15.6. The monoisotopic (exact) mass is 360 g/mol. The van der Waals surface area contributed by atoms with Gasteiger partial charge >= 0.3 is 0 Å². The molecule has 4 nitrogen and oxygen atoms in total. The molecule has 1 fully saturated rings. The van der Waals surface area contributed by atoms with Gasteiger partial charge in [-0.1, -0.05) is 13.3 Å². The van der Waals surface area contributed by atoms with Crippen LogP contribution in [0.25, 0.3) is 0 Å². The standard InChI is InChI=1S/C14H15BrF2N2O2/c1-2-3-11-14(21)19(5-4-13(20)18-11)12-7-9(16)8(15)6-10(12)17/h6-7,11H,2-5H2,1H3,(H,18,20). The van der Waals surface area contributed by atoms with Crippen molar-refractivity contribution in [1.29, 1.82) is 0 Å². The van der Waals surface area contributed by atoms with Crippen molar-refractivity contribution in [2.24, 2.45) is 0 Å². The van der Waals surface area contributed by atoms with Gasteiger partial charge in [0.25, 0.3) is 0 Å². The van der Waals surface area contributed by atoms with Crippen molar-refractivity contribution in [2.75, 3.05) is 11.4 Å². The number of hydrogen-bond acceptors (Lipinski definition) is 2. The number of anilines is 1. The molecular weight excluding hydrogens is 346 g/mol. The van der Waals surface area contributed by atoms with Gasteiger partial charge < -0.3 is 10.2 Å². The molecule has 1 aliphatic heterocycles. The number of rotatable bonds is 3. The van der Waals surface area contributed by atoms with E-state index in [1.54, 1.807) is 0 Å². The number of nitrogens with one attached hydrogen (secondary N) is 1. The first-order valence-electron chi connectivity index (χ1n) is 6.69. The number of carbonyl (C=O) groups is 2. The number of amides is 2. The lowest BCUT2D eigenvalue weighted by molar-refractivity contribution is -0.125. The van der Waals surface area contributed by atoms with E-state index in [0.717, 1.165) is 17.0 Å². The molecule has 1 aromatic rings. The molecule has 21 heavy (non-hydrogen) atoms. The lowest BCUT2D eigenvalue weighted by atomic mass is 10.1. The van der Waals surface area contributed by atoms with Crippen LogP contribution in [0.15, 0.2) is 16.6 Å². The Morgan fingerprint density at radius 3 is 2.71 bits per heavy atom. The average Bonchev–Trinajstić information content (AvgIpc) is 2.55. The summed E-state index contributed by atoms with van der Waals surface area (Å²) in [6.45, 7) is 1.91. The molecule has 1 aliphatic rings. The van der Waals surface area contributed by atoms with Crippen molar-refractivity contribution >= 4 is 33.4 Å². The van der Waals surface area contributed by atoms with Gasteiger partial charge in [-0.15, -0.1) is 0 Å². The molecule has 7 heteroatoms. The first-order chi connectivity index (χ1) is 9.93. The van der Waals surface area contributed by atoms with E-state index in [0.29, 0.717) is 12.8 Å². The van der Waals surface area contributed by atoms with Gasteiger partial charge in [0.1, 0.15) is 17.7 Å².